The van der Waals surface area contributed by atoms with Gasteiger partial charge in [-0.15, -0.1) is 11.8 Å². The Labute approximate surface area is 121 Å². The molecule has 1 aliphatic carbocycles. The molecule has 20 heavy (non-hydrogen) atoms. The monoisotopic (exact) mass is 287 g/mol. The smallest absolute Gasteiger partial charge is 0.152 e. The van der Waals surface area contributed by atoms with Gasteiger partial charge in [-0.2, -0.15) is 0 Å². The molecule has 0 radical (unpaired) electrons. The molecule has 0 saturated heterocycles. The van der Waals surface area contributed by atoms with Gasteiger partial charge in [0.2, 0.25) is 0 Å². The molecule has 0 spiro atoms. The van der Waals surface area contributed by atoms with E-state index in [4.69, 9.17) is 0 Å². The zero-order chi connectivity index (χ0) is 13.9. The van der Waals surface area contributed by atoms with E-state index in [0.717, 1.165) is 18.5 Å². The lowest BCUT2D eigenvalue weighted by Gasteiger charge is -2.09. The molecule has 1 atom stereocenters. The first-order valence-electron chi connectivity index (χ1n) is 6.59. The number of Topliss-reactive ketones (excluding diaryl/α,β-unsaturated/α-hetero) is 1. The number of fused-ring (bicyclic) bond motifs is 1. The van der Waals surface area contributed by atoms with E-state index in [1.807, 2.05) is 12.1 Å². The predicted molar refractivity (Wildman–Crippen MR) is 77.4 cm³/mol. The predicted octanol–water partition coefficient (Wildman–Crippen LogP) is 3.61. The highest BCUT2D eigenvalue weighted by Gasteiger charge is 2.29. The molecule has 1 heterocycles. The van der Waals surface area contributed by atoms with Crippen LogP contribution in [0, 0.1) is 5.82 Å². The van der Waals surface area contributed by atoms with Crippen LogP contribution in [-0.4, -0.2) is 16.5 Å². The minimum Gasteiger partial charge on any atom is -0.298 e. The molecule has 1 aromatic heterocycles. The van der Waals surface area contributed by atoms with Crippen LogP contribution in [0.5, 0.6) is 0 Å². The van der Waals surface area contributed by atoms with Crippen LogP contribution in [0.15, 0.2) is 47.5 Å². The number of carbonyl (C=O) groups is 1. The Kier molecular flexibility index (Phi) is 3.83. The molecule has 2 aromatic rings. The van der Waals surface area contributed by atoms with Gasteiger partial charge in [0.15, 0.2) is 5.78 Å². The molecule has 0 amide bonds. The van der Waals surface area contributed by atoms with Crippen molar-refractivity contribution in [2.24, 2.45) is 0 Å². The molecular formula is C16H14FNOS. The van der Waals surface area contributed by atoms with E-state index in [1.54, 1.807) is 24.4 Å². The first-order chi connectivity index (χ1) is 9.75. The third-order valence-corrected chi connectivity index (χ3v) is 4.62. The van der Waals surface area contributed by atoms with Crippen LogP contribution in [0.2, 0.25) is 0 Å². The molecule has 0 fully saturated rings. The Morgan fingerprint density at radius 2 is 2.15 bits per heavy atom. The fourth-order valence-electron chi connectivity index (χ4n) is 2.54. The second kappa shape index (κ2) is 5.75. The number of thioether (sulfide) groups is 1. The number of carbonyl (C=O) groups excluding carboxylic acids is 1. The molecule has 102 valence electrons. The summed E-state index contributed by atoms with van der Waals surface area (Å²) in [5.41, 5.74) is 2.08. The summed E-state index contributed by atoms with van der Waals surface area (Å²) in [6, 6.07) is 10.5. The van der Waals surface area contributed by atoms with Gasteiger partial charge in [-0.1, -0.05) is 18.2 Å². The Morgan fingerprint density at radius 1 is 1.30 bits per heavy atom. The summed E-state index contributed by atoms with van der Waals surface area (Å²) in [6.07, 6.45) is 3.46. The van der Waals surface area contributed by atoms with Crippen molar-refractivity contribution >= 4 is 17.5 Å². The second-order valence-corrected chi connectivity index (χ2v) is 5.84. The van der Waals surface area contributed by atoms with Gasteiger partial charge in [-0.25, -0.2) is 4.39 Å². The van der Waals surface area contributed by atoms with Crippen LogP contribution in [0.3, 0.4) is 0 Å². The molecule has 0 N–H and O–H groups in total. The van der Waals surface area contributed by atoms with Crippen molar-refractivity contribution in [2.45, 2.75) is 23.7 Å². The zero-order valence-electron chi connectivity index (χ0n) is 10.9. The van der Waals surface area contributed by atoms with Crippen LogP contribution in [0.25, 0.3) is 0 Å². The van der Waals surface area contributed by atoms with Crippen LogP contribution in [-0.2, 0) is 11.2 Å². The largest absolute Gasteiger partial charge is 0.298 e. The van der Waals surface area contributed by atoms with E-state index in [0.29, 0.717) is 10.6 Å². The molecule has 3 rings (SSSR count). The lowest BCUT2D eigenvalue weighted by molar-refractivity contribution is -0.118. The van der Waals surface area contributed by atoms with Crippen LogP contribution in [0.4, 0.5) is 4.39 Å². The van der Waals surface area contributed by atoms with Crippen molar-refractivity contribution in [3.05, 3.63) is 59.7 Å². The lowest BCUT2D eigenvalue weighted by atomic mass is 10.0. The first-order valence-corrected chi connectivity index (χ1v) is 7.58. The first kappa shape index (κ1) is 13.3. The van der Waals surface area contributed by atoms with Gasteiger partial charge in [0.1, 0.15) is 5.82 Å². The van der Waals surface area contributed by atoms with Crippen molar-refractivity contribution in [3.8, 4) is 0 Å². The van der Waals surface area contributed by atoms with Crippen molar-refractivity contribution < 1.29 is 9.18 Å². The molecule has 4 heteroatoms. The number of hydrogen-bond donors (Lipinski definition) is 0. The molecule has 1 unspecified atom stereocenters. The van der Waals surface area contributed by atoms with E-state index in [2.05, 4.69) is 4.98 Å². The van der Waals surface area contributed by atoms with Crippen LogP contribution in [0.1, 0.15) is 23.6 Å². The fourth-order valence-corrected chi connectivity index (χ4v) is 3.42. The Morgan fingerprint density at radius 3 is 3.00 bits per heavy atom. The number of rotatable bonds is 4. The summed E-state index contributed by atoms with van der Waals surface area (Å²) in [4.78, 5) is 17.2. The van der Waals surface area contributed by atoms with Crippen LogP contribution < -0.4 is 0 Å². The van der Waals surface area contributed by atoms with Gasteiger partial charge >= 0.3 is 0 Å². The second-order valence-electron chi connectivity index (χ2n) is 4.82. The zero-order valence-corrected chi connectivity index (χ0v) is 11.7. The maximum Gasteiger partial charge on any atom is 0.152 e. The maximum absolute atomic E-state index is 13.5. The van der Waals surface area contributed by atoms with E-state index < -0.39 is 0 Å². The van der Waals surface area contributed by atoms with Crippen molar-refractivity contribution in [1.82, 2.24) is 4.98 Å². The average Bonchev–Trinajstić information content (AvgIpc) is 2.90. The quantitative estimate of drug-likeness (QED) is 0.805. The standard InChI is InChI=1S/C16H14FNOS/c17-13-5-1-2-6-15(13)20-10-14(19)12-8-7-11-4-3-9-18-16(11)12/h1-6,9,12H,7-8,10H2. The summed E-state index contributed by atoms with van der Waals surface area (Å²) in [5.74, 6) is 0.0400. The molecule has 0 saturated carbocycles. The number of nitrogens with zero attached hydrogens (tertiary/aromatic N) is 1. The van der Waals surface area contributed by atoms with Crippen molar-refractivity contribution in [3.63, 3.8) is 0 Å². The molecule has 1 aromatic carbocycles. The summed E-state index contributed by atoms with van der Waals surface area (Å²) in [7, 11) is 0. The maximum atomic E-state index is 13.5. The summed E-state index contributed by atoms with van der Waals surface area (Å²) in [6.45, 7) is 0. The Bertz CT molecular complexity index is 644. The van der Waals surface area contributed by atoms with Gasteiger partial charge in [0.05, 0.1) is 17.4 Å². The van der Waals surface area contributed by atoms with Gasteiger partial charge in [-0.05, 0) is 36.6 Å². The number of aryl methyl sites for hydroxylation is 1. The van der Waals surface area contributed by atoms with Crippen LogP contribution >= 0.6 is 11.8 Å². The van der Waals surface area contributed by atoms with Gasteiger partial charge in [0.25, 0.3) is 0 Å². The normalized spacial score (nSPS) is 16.9. The van der Waals surface area contributed by atoms with Crippen molar-refractivity contribution in [2.75, 3.05) is 5.75 Å². The minimum absolute atomic E-state index is 0.120. The molecule has 2 nitrogen and oxygen atoms in total. The molecule has 1 aliphatic rings. The Hall–Kier alpha value is -1.68. The third kappa shape index (κ3) is 2.61. The third-order valence-electron chi connectivity index (χ3n) is 3.55. The van der Waals surface area contributed by atoms with Gasteiger partial charge in [-0.3, -0.25) is 9.78 Å². The molecule has 0 aliphatic heterocycles. The highest BCUT2D eigenvalue weighted by atomic mass is 32.2. The highest BCUT2D eigenvalue weighted by Crippen LogP contribution is 2.33. The number of hydrogen-bond acceptors (Lipinski definition) is 3. The van der Waals surface area contributed by atoms with E-state index >= 15 is 0 Å². The topological polar surface area (TPSA) is 30.0 Å². The summed E-state index contributed by atoms with van der Waals surface area (Å²) >= 11 is 1.26. The number of benzene rings is 1. The minimum atomic E-state index is -0.268. The lowest BCUT2D eigenvalue weighted by Crippen LogP contribution is -2.13. The van der Waals surface area contributed by atoms with Gasteiger partial charge < -0.3 is 0 Å². The highest BCUT2D eigenvalue weighted by molar-refractivity contribution is 8.00. The molecule has 0 bridgehead atoms. The van der Waals surface area contributed by atoms with Crippen molar-refractivity contribution in [1.29, 1.82) is 0 Å². The molecular weight excluding hydrogens is 273 g/mol. The Balaban J connectivity index is 1.68. The van der Waals surface area contributed by atoms with E-state index in [-0.39, 0.29) is 17.5 Å². The number of ketones is 1. The summed E-state index contributed by atoms with van der Waals surface area (Å²) < 4.78 is 13.5. The van der Waals surface area contributed by atoms with E-state index in [1.165, 1.54) is 23.4 Å². The fraction of sp³-hybridized carbons (Fsp3) is 0.250. The summed E-state index contributed by atoms with van der Waals surface area (Å²) in [5, 5.41) is 0. The van der Waals surface area contributed by atoms with Gasteiger partial charge in [0, 0.05) is 11.1 Å². The number of pyridine rings is 1. The SMILES string of the molecule is O=C(CSc1ccccc1F)C1CCc2cccnc21. The number of aromatic nitrogens is 1. The average molecular weight is 287 g/mol. The number of halogens is 1. The van der Waals surface area contributed by atoms with E-state index in [9.17, 15) is 9.18 Å².